The molecule has 0 aliphatic heterocycles. The number of ether oxygens (including phenoxy) is 1. The predicted octanol–water partition coefficient (Wildman–Crippen LogP) is 4.89. The molecule has 0 aliphatic rings. The minimum Gasteiger partial charge on any atom is -0.444 e. The van der Waals surface area contributed by atoms with Gasteiger partial charge in [-0.05, 0) is 57.2 Å². The fourth-order valence-corrected chi connectivity index (χ4v) is 2.21. The highest BCUT2D eigenvalue weighted by Crippen LogP contribution is 2.25. The molecule has 134 valence electrons. The first-order valence-electron chi connectivity index (χ1n) is 8.01. The summed E-state index contributed by atoms with van der Waals surface area (Å²) in [5.74, 6) is 0.0119. The van der Waals surface area contributed by atoms with Gasteiger partial charge >= 0.3 is 6.09 Å². The van der Waals surface area contributed by atoms with Crippen LogP contribution in [0.1, 0.15) is 20.8 Å². The van der Waals surface area contributed by atoms with Gasteiger partial charge < -0.3 is 9.26 Å². The zero-order valence-corrected chi connectivity index (χ0v) is 14.6. The maximum atomic E-state index is 13.8. The number of carbonyl (C=O) groups excluding carboxylic acids is 1. The van der Waals surface area contributed by atoms with Crippen molar-refractivity contribution in [1.29, 1.82) is 0 Å². The molecule has 0 spiro atoms. The van der Waals surface area contributed by atoms with Crippen molar-refractivity contribution >= 4 is 11.8 Å². The second-order valence-corrected chi connectivity index (χ2v) is 6.61. The number of carbonyl (C=O) groups is 1. The number of halogens is 1. The van der Waals surface area contributed by atoms with E-state index in [1.807, 2.05) is 0 Å². The first-order chi connectivity index (χ1) is 12.3. The molecule has 3 rings (SSSR count). The van der Waals surface area contributed by atoms with Crippen LogP contribution in [0.5, 0.6) is 0 Å². The van der Waals surface area contributed by atoms with Crippen LogP contribution in [0.2, 0.25) is 0 Å². The summed E-state index contributed by atoms with van der Waals surface area (Å²) < 4.78 is 24.2. The van der Waals surface area contributed by atoms with E-state index in [9.17, 15) is 9.18 Å². The highest BCUT2D eigenvalue weighted by Gasteiger charge is 2.17. The lowest BCUT2D eigenvalue weighted by Crippen LogP contribution is -2.27. The number of amides is 1. The number of benzene rings is 2. The maximum Gasteiger partial charge on any atom is 0.412 e. The van der Waals surface area contributed by atoms with Gasteiger partial charge in [0.25, 0.3) is 5.89 Å². The molecule has 0 saturated carbocycles. The first kappa shape index (κ1) is 17.6. The van der Waals surface area contributed by atoms with Gasteiger partial charge in [0, 0.05) is 11.3 Å². The number of aromatic nitrogens is 2. The Balaban J connectivity index is 1.74. The Bertz CT molecular complexity index is 914. The Hall–Kier alpha value is -3.22. The van der Waals surface area contributed by atoms with Crippen LogP contribution in [-0.2, 0) is 4.74 Å². The summed E-state index contributed by atoms with van der Waals surface area (Å²) in [6, 6.07) is 13.0. The van der Waals surface area contributed by atoms with E-state index >= 15 is 0 Å². The fraction of sp³-hybridized carbons (Fsp3) is 0.211. The highest BCUT2D eigenvalue weighted by atomic mass is 19.1. The number of nitrogens with one attached hydrogen (secondary N) is 1. The van der Waals surface area contributed by atoms with Crippen molar-refractivity contribution in [2.24, 2.45) is 0 Å². The van der Waals surface area contributed by atoms with Crippen molar-refractivity contribution in [3.05, 3.63) is 54.3 Å². The number of anilines is 1. The summed E-state index contributed by atoms with van der Waals surface area (Å²) in [6.07, 6.45) is -0.537. The molecule has 0 saturated heterocycles. The second kappa shape index (κ2) is 6.95. The lowest BCUT2D eigenvalue weighted by molar-refractivity contribution is 0.0636. The van der Waals surface area contributed by atoms with Gasteiger partial charge in [-0.2, -0.15) is 4.98 Å². The summed E-state index contributed by atoms with van der Waals surface area (Å²) in [7, 11) is 0. The van der Waals surface area contributed by atoms with Crippen LogP contribution >= 0.6 is 0 Å². The van der Waals surface area contributed by atoms with Crippen molar-refractivity contribution in [3.63, 3.8) is 0 Å². The van der Waals surface area contributed by atoms with Crippen LogP contribution < -0.4 is 5.32 Å². The van der Waals surface area contributed by atoms with Gasteiger partial charge in [-0.1, -0.05) is 17.3 Å². The molecule has 26 heavy (non-hydrogen) atoms. The molecule has 0 radical (unpaired) electrons. The average molecular weight is 355 g/mol. The van der Waals surface area contributed by atoms with E-state index in [1.165, 1.54) is 6.07 Å². The van der Waals surface area contributed by atoms with Gasteiger partial charge in [0.15, 0.2) is 0 Å². The van der Waals surface area contributed by atoms with Crippen LogP contribution in [0.15, 0.2) is 53.1 Å². The lowest BCUT2D eigenvalue weighted by Gasteiger charge is -2.19. The lowest BCUT2D eigenvalue weighted by atomic mass is 10.2. The summed E-state index contributed by atoms with van der Waals surface area (Å²) >= 11 is 0. The van der Waals surface area contributed by atoms with Crippen molar-refractivity contribution in [1.82, 2.24) is 10.1 Å². The third kappa shape index (κ3) is 4.24. The predicted molar refractivity (Wildman–Crippen MR) is 95.0 cm³/mol. The van der Waals surface area contributed by atoms with Gasteiger partial charge in [0.2, 0.25) is 5.82 Å². The maximum absolute atomic E-state index is 13.8. The number of rotatable bonds is 3. The van der Waals surface area contributed by atoms with Crippen molar-refractivity contribution in [2.45, 2.75) is 26.4 Å². The van der Waals surface area contributed by atoms with E-state index in [2.05, 4.69) is 15.5 Å². The van der Waals surface area contributed by atoms with Gasteiger partial charge in [-0.25, -0.2) is 9.18 Å². The van der Waals surface area contributed by atoms with Crippen LogP contribution in [0.3, 0.4) is 0 Å². The Kier molecular flexibility index (Phi) is 4.71. The van der Waals surface area contributed by atoms with E-state index in [-0.39, 0.29) is 17.3 Å². The third-order valence-corrected chi connectivity index (χ3v) is 3.32. The monoisotopic (exact) mass is 355 g/mol. The summed E-state index contributed by atoms with van der Waals surface area (Å²) in [5, 5.41) is 6.46. The summed E-state index contributed by atoms with van der Waals surface area (Å²) in [6.45, 7) is 5.37. The normalized spacial score (nSPS) is 11.2. The van der Waals surface area contributed by atoms with Gasteiger partial charge in [0.05, 0.1) is 5.56 Å². The van der Waals surface area contributed by atoms with Crippen molar-refractivity contribution in [2.75, 3.05) is 5.32 Å². The largest absolute Gasteiger partial charge is 0.444 e. The minimum absolute atomic E-state index is 0.175. The van der Waals surface area contributed by atoms with Gasteiger partial charge in [-0.3, -0.25) is 5.32 Å². The van der Waals surface area contributed by atoms with Crippen LogP contribution in [0, 0.1) is 5.82 Å². The molecular weight excluding hydrogens is 337 g/mol. The smallest absolute Gasteiger partial charge is 0.412 e. The molecule has 1 N–H and O–H groups in total. The van der Waals surface area contributed by atoms with E-state index in [1.54, 1.807) is 63.2 Å². The number of hydrogen-bond donors (Lipinski definition) is 1. The third-order valence-electron chi connectivity index (χ3n) is 3.32. The molecule has 6 nitrogen and oxygen atoms in total. The Morgan fingerprint density at radius 1 is 1.12 bits per heavy atom. The first-order valence-corrected chi connectivity index (χ1v) is 8.01. The SMILES string of the molecule is CC(C)(C)OC(=O)Nc1ccc(-c2nc(-c3ccccc3F)no2)cc1. The molecule has 0 aliphatic carbocycles. The Labute approximate surface area is 150 Å². The average Bonchev–Trinajstić information content (AvgIpc) is 3.04. The van der Waals surface area contributed by atoms with Crippen molar-refractivity contribution in [3.8, 4) is 22.8 Å². The van der Waals surface area contributed by atoms with Crippen LogP contribution in [0.4, 0.5) is 14.9 Å². The highest BCUT2D eigenvalue weighted by molar-refractivity contribution is 5.85. The van der Waals surface area contributed by atoms with Gasteiger partial charge in [0.1, 0.15) is 11.4 Å². The van der Waals surface area contributed by atoms with E-state index in [0.717, 1.165) is 0 Å². The topological polar surface area (TPSA) is 77.2 Å². The molecule has 0 fully saturated rings. The van der Waals surface area contributed by atoms with Crippen molar-refractivity contribution < 1.29 is 18.4 Å². The molecule has 7 heteroatoms. The van der Waals surface area contributed by atoms with Crippen LogP contribution in [0.25, 0.3) is 22.8 Å². The van der Waals surface area contributed by atoms with E-state index in [0.29, 0.717) is 11.3 Å². The molecule has 0 bridgehead atoms. The standard InChI is InChI=1S/C19H18FN3O3/c1-19(2,3)25-18(24)21-13-10-8-12(9-11-13)17-22-16(23-26-17)14-6-4-5-7-15(14)20/h4-11H,1-3H3,(H,21,24). The Morgan fingerprint density at radius 3 is 2.46 bits per heavy atom. The molecule has 3 aromatic rings. The number of nitrogens with zero attached hydrogens (tertiary/aromatic N) is 2. The molecular formula is C19H18FN3O3. The zero-order chi connectivity index (χ0) is 18.7. The molecule has 0 atom stereocenters. The summed E-state index contributed by atoms with van der Waals surface area (Å²) in [5.41, 5.74) is 0.911. The molecule has 1 amide bonds. The quantitative estimate of drug-likeness (QED) is 0.724. The fourth-order valence-electron chi connectivity index (χ4n) is 2.21. The molecule has 1 aromatic heterocycles. The zero-order valence-electron chi connectivity index (χ0n) is 14.6. The van der Waals surface area contributed by atoms with E-state index < -0.39 is 17.5 Å². The van der Waals surface area contributed by atoms with Gasteiger partial charge in [-0.15, -0.1) is 0 Å². The summed E-state index contributed by atoms with van der Waals surface area (Å²) in [4.78, 5) is 16.0. The number of hydrogen-bond acceptors (Lipinski definition) is 5. The minimum atomic E-state index is -0.573. The van der Waals surface area contributed by atoms with Crippen LogP contribution in [-0.4, -0.2) is 21.8 Å². The van der Waals surface area contributed by atoms with E-state index in [4.69, 9.17) is 9.26 Å². The molecule has 2 aromatic carbocycles. The second-order valence-electron chi connectivity index (χ2n) is 6.61. The Morgan fingerprint density at radius 2 is 1.81 bits per heavy atom. The molecule has 1 heterocycles. The molecule has 0 unspecified atom stereocenters.